The average molecular weight is 414 g/mol. The Hall–Kier alpha value is -3.16. The molecule has 0 saturated heterocycles. The summed E-state index contributed by atoms with van der Waals surface area (Å²) in [5.41, 5.74) is -0.0919. The van der Waals surface area contributed by atoms with Gasteiger partial charge in [-0.25, -0.2) is 8.42 Å². The summed E-state index contributed by atoms with van der Waals surface area (Å²) < 4.78 is 37.1. The molecule has 0 aliphatic heterocycles. The highest BCUT2D eigenvalue weighted by Crippen LogP contribution is 2.35. The van der Waals surface area contributed by atoms with E-state index in [1.54, 1.807) is 24.3 Å². The predicted octanol–water partition coefficient (Wildman–Crippen LogP) is 4.65. The lowest BCUT2D eigenvalue weighted by Gasteiger charge is -2.05. The lowest BCUT2D eigenvalue weighted by Crippen LogP contribution is -2.10. The first kappa shape index (κ1) is 18.2. The third kappa shape index (κ3) is 3.15. The molecular weight excluding hydrogens is 402 g/mol. The molecule has 28 heavy (non-hydrogen) atoms. The number of carbonyl (C=O) groups is 1. The Bertz CT molecular complexity index is 1230. The number of rotatable bonds is 5. The van der Waals surface area contributed by atoms with Gasteiger partial charge in [-0.15, -0.1) is 0 Å². The summed E-state index contributed by atoms with van der Waals surface area (Å²) in [5, 5.41) is 4.22. The number of furan rings is 1. The molecule has 4 aromatic rings. The maximum Gasteiger partial charge on any atom is 0.221 e. The molecule has 0 aliphatic carbocycles. The van der Waals surface area contributed by atoms with E-state index >= 15 is 0 Å². The van der Waals surface area contributed by atoms with E-state index in [9.17, 15) is 13.2 Å². The molecule has 0 aliphatic rings. The largest absolute Gasteiger partial charge is 0.461 e. The topological polar surface area (TPSA) is 90.4 Å². The number of sulfone groups is 1. The molecule has 2 aromatic carbocycles. The predicted molar refractivity (Wildman–Crippen MR) is 101 cm³/mol. The molecule has 0 saturated carbocycles. The van der Waals surface area contributed by atoms with E-state index in [1.807, 2.05) is 0 Å². The molecule has 0 N–H and O–H groups in total. The second kappa shape index (κ2) is 7.10. The molecule has 8 heteroatoms. The minimum absolute atomic E-state index is 0.0103. The van der Waals surface area contributed by atoms with Gasteiger partial charge in [0.15, 0.2) is 16.3 Å². The Morgan fingerprint density at radius 3 is 2.29 bits per heavy atom. The van der Waals surface area contributed by atoms with E-state index in [1.165, 1.54) is 48.7 Å². The SMILES string of the molecule is O=C(c1ccc(Cl)cc1)c1noc(-c2ccco2)c1S(=O)(=O)c1ccccc1. The van der Waals surface area contributed by atoms with E-state index in [4.69, 9.17) is 20.5 Å². The highest BCUT2D eigenvalue weighted by molar-refractivity contribution is 7.91. The second-order valence-electron chi connectivity index (χ2n) is 5.82. The van der Waals surface area contributed by atoms with Crippen LogP contribution < -0.4 is 0 Å². The fourth-order valence-electron chi connectivity index (χ4n) is 2.70. The van der Waals surface area contributed by atoms with Crippen molar-refractivity contribution in [3.8, 4) is 11.5 Å². The smallest absolute Gasteiger partial charge is 0.221 e. The standard InChI is InChI=1S/C20H12ClNO5S/c21-14-10-8-13(9-11-14)18(23)17-20(19(27-22-17)16-7-4-12-26-16)28(24,25)15-5-2-1-3-6-15/h1-12H. The van der Waals surface area contributed by atoms with Crippen LogP contribution in [0, 0.1) is 0 Å². The Balaban J connectivity index is 1.94. The van der Waals surface area contributed by atoms with Crippen molar-refractivity contribution in [1.82, 2.24) is 5.16 Å². The fraction of sp³-hybridized carbons (Fsp3) is 0. The zero-order chi connectivity index (χ0) is 19.7. The van der Waals surface area contributed by atoms with E-state index in [-0.39, 0.29) is 32.6 Å². The van der Waals surface area contributed by atoms with Crippen LogP contribution >= 0.6 is 11.6 Å². The summed E-state index contributed by atoms with van der Waals surface area (Å²) in [6.45, 7) is 0. The molecular formula is C20H12ClNO5S. The van der Waals surface area contributed by atoms with Gasteiger partial charge in [0.2, 0.25) is 21.4 Å². The highest BCUT2D eigenvalue weighted by atomic mass is 35.5. The minimum atomic E-state index is -4.11. The molecule has 0 fully saturated rings. The van der Waals surface area contributed by atoms with Crippen LogP contribution in [0.3, 0.4) is 0 Å². The summed E-state index contributed by atoms with van der Waals surface area (Å²) >= 11 is 5.86. The van der Waals surface area contributed by atoms with Crippen molar-refractivity contribution in [2.45, 2.75) is 9.79 Å². The number of ketones is 1. The van der Waals surface area contributed by atoms with Crippen LogP contribution in [-0.4, -0.2) is 19.4 Å². The maximum atomic E-state index is 13.3. The Morgan fingerprint density at radius 2 is 1.64 bits per heavy atom. The van der Waals surface area contributed by atoms with Gasteiger partial charge in [-0.05, 0) is 48.5 Å². The van der Waals surface area contributed by atoms with Crippen LogP contribution in [0.15, 0.2) is 91.7 Å². The lowest BCUT2D eigenvalue weighted by atomic mass is 10.1. The van der Waals surface area contributed by atoms with Gasteiger partial charge in [0.05, 0.1) is 11.2 Å². The van der Waals surface area contributed by atoms with Crippen LogP contribution in [0.4, 0.5) is 0 Å². The third-order valence-electron chi connectivity index (χ3n) is 4.04. The quantitative estimate of drug-likeness (QED) is 0.442. The van der Waals surface area contributed by atoms with Crippen molar-refractivity contribution in [2.75, 3.05) is 0 Å². The first-order valence-corrected chi connectivity index (χ1v) is 9.98. The van der Waals surface area contributed by atoms with Crippen molar-refractivity contribution in [3.63, 3.8) is 0 Å². The molecule has 2 aromatic heterocycles. The van der Waals surface area contributed by atoms with Gasteiger partial charge in [-0.1, -0.05) is 35.0 Å². The van der Waals surface area contributed by atoms with Gasteiger partial charge in [0.25, 0.3) is 0 Å². The molecule has 140 valence electrons. The summed E-state index contributed by atoms with van der Waals surface area (Å²) in [5.74, 6) is -0.587. The van der Waals surface area contributed by atoms with Gasteiger partial charge in [0, 0.05) is 10.6 Å². The van der Waals surface area contributed by atoms with Crippen molar-refractivity contribution < 1.29 is 22.2 Å². The van der Waals surface area contributed by atoms with Crippen molar-refractivity contribution in [2.24, 2.45) is 0 Å². The van der Waals surface area contributed by atoms with E-state index < -0.39 is 15.6 Å². The van der Waals surface area contributed by atoms with E-state index in [0.717, 1.165) is 0 Å². The number of hydrogen-bond acceptors (Lipinski definition) is 6. The summed E-state index contributed by atoms with van der Waals surface area (Å²) in [4.78, 5) is 12.6. The van der Waals surface area contributed by atoms with Gasteiger partial charge >= 0.3 is 0 Å². The number of aromatic nitrogens is 1. The Labute approximate surface area is 165 Å². The maximum absolute atomic E-state index is 13.3. The summed E-state index contributed by atoms with van der Waals surface area (Å²) in [6, 6.07) is 16.9. The van der Waals surface area contributed by atoms with Crippen LogP contribution in [0.1, 0.15) is 16.1 Å². The first-order chi connectivity index (χ1) is 13.5. The van der Waals surface area contributed by atoms with Crippen LogP contribution in [-0.2, 0) is 9.84 Å². The first-order valence-electron chi connectivity index (χ1n) is 8.12. The average Bonchev–Trinajstić information content (AvgIpc) is 3.38. The van der Waals surface area contributed by atoms with E-state index in [0.29, 0.717) is 5.02 Å². The van der Waals surface area contributed by atoms with Gasteiger partial charge in [-0.2, -0.15) is 0 Å². The molecule has 2 heterocycles. The van der Waals surface area contributed by atoms with Crippen LogP contribution in [0.25, 0.3) is 11.5 Å². The zero-order valence-electron chi connectivity index (χ0n) is 14.2. The van der Waals surface area contributed by atoms with Gasteiger partial charge in [0.1, 0.15) is 0 Å². The third-order valence-corrected chi connectivity index (χ3v) is 6.10. The number of nitrogens with zero attached hydrogens (tertiary/aromatic N) is 1. The molecule has 0 unspecified atom stereocenters. The van der Waals surface area contributed by atoms with E-state index in [2.05, 4.69) is 5.16 Å². The molecule has 6 nitrogen and oxygen atoms in total. The number of carbonyl (C=O) groups excluding carboxylic acids is 1. The lowest BCUT2D eigenvalue weighted by molar-refractivity contribution is 0.102. The second-order valence-corrected chi connectivity index (χ2v) is 8.14. The fourth-order valence-corrected chi connectivity index (χ4v) is 4.34. The highest BCUT2D eigenvalue weighted by Gasteiger charge is 2.35. The normalized spacial score (nSPS) is 11.5. The molecule has 0 atom stereocenters. The van der Waals surface area contributed by atoms with Gasteiger partial charge < -0.3 is 8.94 Å². The molecule has 0 bridgehead atoms. The Morgan fingerprint density at radius 1 is 0.929 bits per heavy atom. The number of benzene rings is 2. The Kier molecular flexibility index (Phi) is 4.62. The summed E-state index contributed by atoms with van der Waals surface area (Å²) in [6.07, 6.45) is 1.37. The zero-order valence-corrected chi connectivity index (χ0v) is 15.8. The van der Waals surface area contributed by atoms with Crippen LogP contribution in [0.5, 0.6) is 0 Å². The molecule has 0 spiro atoms. The minimum Gasteiger partial charge on any atom is -0.461 e. The number of halogens is 1. The summed E-state index contributed by atoms with van der Waals surface area (Å²) in [7, 11) is -4.11. The van der Waals surface area contributed by atoms with Gasteiger partial charge in [-0.3, -0.25) is 4.79 Å². The van der Waals surface area contributed by atoms with Crippen LogP contribution in [0.2, 0.25) is 5.02 Å². The van der Waals surface area contributed by atoms with Crippen molar-refractivity contribution in [3.05, 3.63) is 89.3 Å². The monoisotopic (exact) mass is 413 g/mol. The molecule has 0 radical (unpaired) electrons. The molecule has 0 amide bonds. The number of hydrogen-bond donors (Lipinski definition) is 0. The van der Waals surface area contributed by atoms with Crippen molar-refractivity contribution in [1.29, 1.82) is 0 Å². The van der Waals surface area contributed by atoms with Crippen molar-refractivity contribution >= 4 is 27.2 Å². The molecule has 4 rings (SSSR count).